The van der Waals surface area contributed by atoms with Gasteiger partial charge in [-0.1, -0.05) is 18.2 Å². The first kappa shape index (κ1) is 14.9. The fourth-order valence-electron chi connectivity index (χ4n) is 1.82. The molecule has 0 spiro atoms. The van der Waals surface area contributed by atoms with E-state index in [1.165, 1.54) is 0 Å². The summed E-state index contributed by atoms with van der Waals surface area (Å²) in [6.45, 7) is 2.52. The summed E-state index contributed by atoms with van der Waals surface area (Å²) in [7, 11) is 0. The van der Waals surface area contributed by atoms with E-state index in [4.69, 9.17) is 14.7 Å². The molecule has 0 aliphatic heterocycles. The Kier molecular flexibility index (Phi) is 5.16. The molecular formula is C17H16FNO2. The van der Waals surface area contributed by atoms with Crippen LogP contribution in [0.5, 0.6) is 11.5 Å². The van der Waals surface area contributed by atoms with Crippen molar-refractivity contribution in [3.8, 4) is 17.6 Å². The van der Waals surface area contributed by atoms with Gasteiger partial charge in [-0.05, 0) is 36.8 Å². The molecule has 2 aromatic rings. The summed E-state index contributed by atoms with van der Waals surface area (Å²) in [5.41, 5.74) is 1.13. The molecule has 0 unspecified atom stereocenters. The van der Waals surface area contributed by atoms with Crippen LogP contribution in [0.25, 0.3) is 0 Å². The summed E-state index contributed by atoms with van der Waals surface area (Å²) in [4.78, 5) is 0. The molecule has 0 saturated carbocycles. The van der Waals surface area contributed by atoms with Crippen molar-refractivity contribution in [3.05, 3.63) is 59.4 Å². The van der Waals surface area contributed by atoms with E-state index >= 15 is 0 Å². The van der Waals surface area contributed by atoms with Gasteiger partial charge in [-0.2, -0.15) is 5.26 Å². The lowest BCUT2D eigenvalue weighted by Crippen LogP contribution is -2.06. The van der Waals surface area contributed by atoms with Crippen LogP contribution < -0.4 is 9.47 Å². The zero-order valence-corrected chi connectivity index (χ0v) is 11.8. The van der Waals surface area contributed by atoms with Crippen LogP contribution in [0.4, 0.5) is 4.39 Å². The minimum absolute atomic E-state index is 0.265. The standard InChI is InChI=1S/C17H16FNO2/c1-13-5-2-8-16(17(13)18)21-10-4-9-20-15-7-3-6-14(11-15)12-19/h2-3,5-8,11H,4,9-10H2,1H3. The Morgan fingerprint density at radius 2 is 1.86 bits per heavy atom. The summed E-state index contributed by atoms with van der Waals surface area (Å²) in [5, 5.41) is 8.79. The predicted octanol–water partition coefficient (Wildman–Crippen LogP) is 3.85. The molecule has 0 heterocycles. The minimum Gasteiger partial charge on any atom is -0.493 e. The molecule has 0 aliphatic rings. The van der Waals surface area contributed by atoms with E-state index in [2.05, 4.69) is 6.07 Å². The molecule has 0 aliphatic carbocycles. The van der Waals surface area contributed by atoms with E-state index in [9.17, 15) is 4.39 Å². The molecule has 0 saturated heterocycles. The van der Waals surface area contributed by atoms with Crippen LogP contribution in [0, 0.1) is 24.1 Å². The third-order valence-corrected chi connectivity index (χ3v) is 2.93. The van der Waals surface area contributed by atoms with Gasteiger partial charge in [0.15, 0.2) is 11.6 Å². The first-order valence-corrected chi connectivity index (χ1v) is 6.71. The Labute approximate surface area is 123 Å². The lowest BCUT2D eigenvalue weighted by Gasteiger charge is -2.09. The van der Waals surface area contributed by atoms with Crippen molar-refractivity contribution in [1.29, 1.82) is 5.26 Å². The molecule has 0 aromatic heterocycles. The fraction of sp³-hybridized carbons (Fsp3) is 0.235. The second-order valence-electron chi connectivity index (χ2n) is 4.58. The number of nitrogens with zero attached hydrogens (tertiary/aromatic N) is 1. The number of rotatable bonds is 6. The molecule has 21 heavy (non-hydrogen) atoms. The number of aryl methyl sites for hydroxylation is 1. The molecule has 0 atom stereocenters. The van der Waals surface area contributed by atoms with Crippen LogP contribution in [0.2, 0.25) is 0 Å². The number of nitriles is 1. The average molecular weight is 285 g/mol. The number of benzene rings is 2. The number of hydrogen-bond donors (Lipinski definition) is 0. The molecule has 108 valence electrons. The second-order valence-corrected chi connectivity index (χ2v) is 4.58. The molecule has 2 rings (SSSR count). The third-order valence-electron chi connectivity index (χ3n) is 2.93. The van der Waals surface area contributed by atoms with E-state index < -0.39 is 0 Å². The Balaban J connectivity index is 1.75. The largest absolute Gasteiger partial charge is 0.493 e. The zero-order valence-electron chi connectivity index (χ0n) is 11.8. The van der Waals surface area contributed by atoms with Crippen LogP contribution in [-0.4, -0.2) is 13.2 Å². The van der Waals surface area contributed by atoms with Gasteiger partial charge in [0, 0.05) is 6.42 Å². The maximum absolute atomic E-state index is 13.7. The first-order chi connectivity index (χ1) is 10.2. The smallest absolute Gasteiger partial charge is 0.167 e. The average Bonchev–Trinajstić information content (AvgIpc) is 2.51. The minimum atomic E-state index is -0.319. The highest BCUT2D eigenvalue weighted by atomic mass is 19.1. The quantitative estimate of drug-likeness (QED) is 0.757. The molecule has 0 radical (unpaired) electrons. The van der Waals surface area contributed by atoms with Gasteiger partial charge in [-0.3, -0.25) is 0 Å². The number of hydrogen-bond acceptors (Lipinski definition) is 3. The Morgan fingerprint density at radius 3 is 2.67 bits per heavy atom. The third kappa shape index (κ3) is 4.22. The summed E-state index contributed by atoms with van der Waals surface area (Å²) < 4.78 is 24.6. The van der Waals surface area contributed by atoms with Crippen molar-refractivity contribution >= 4 is 0 Å². The Morgan fingerprint density at radius 1 is 1.10 bits per heavy atom. The summed E-state index contributed by atoms with van der Waals surface area (Å²) in [6, 6.07) is 14.1. The van der Waals surface area contributed by atoms with Gasteiger partial charge in [-0.25, -0.2) is 4.39 Å². The Hall–Kier alpha value is -2.54. The van der Waals surface area contributed by atoms with Crippen LogP contribution in [0.3, 0.4) is 0 Å². The van der Waals surface area contributed by atoms with Crippen molar-refractivity contribution in [2.75, 3.05) is 13.2 Å². The maximum atomic E-state index is 13.7. The van der Waals surface area contributed by atoms with Gasteiger partial charge in [-0.15, -0.1) is 0 Å². The van der Waals surface area contributed by atoms with Crippen LogP contribution in [-0.2, 0) is 0 Å². The van der Waals surface area contributed by atoms with E-state index in [1.54, 1.807) is 49.4 Å². The predicted molar refractivity (Wildman–Crippen MR) is 77.9 cm³/mol. The van der Waals surface area contributed by atoms with Gasteiger partial charge < -0.3 is 9.47 Å². The summed E-state index contributed by atoms with van der Waals surface area (Å²) >= 11 is 0. The van der Waals surface area contributed by atoms with Gasteiger partial charge in [0.25, 0.3) is 0 Å². The highest BCUT2D eigenvalue weighted by Crippen LogP contribution is 2.19. The molecular weight excluding hydrogens is 269 g/mol. The highest BCUT2D eigenvalue weighted by molar-refractivity contribution is 5.36. The van der Waals surface area contributed by atoms with E-state index in [0.29, 0.717) is 36.5 Å². The molecule has 0 N–H and O–H groups in total. The van der Waals surface area contributed by atoms with Crippen molar-refractivity contribution < 1.29 is 13.9 Å². The van der Waals surface area contributed by atoms with Crippen molar-refractivity contribution in [2.24, 2.45) is 0 Å². The number of ether oxygens (including phenoxy) is 2. The molecule has 2 aromatic carbocycles. The van der Waals surface area contributed by atoms with Crippen LogP contribution >= 0.6 is 0 Å². The van der Waals surface area contributed by atoms with Gasteiger partial charge in [0.1, 0.15) is 5.75 Å². The van der Waals surface area contributed by atoms with Crippen LogP contribution in [0.15, 0.2) is 42.5 Å². The zero-order chi connectivity index (χ0) is 15.1. The number of halogens is 1. The molecule has 0 fully saturated rings. The molecule has 3 nitrogen and oxygen atoms in total. The highest BCUT2D eigenvalue weighted by Gasteiger charge is 2.05. The van der Waals surface area contributed by atoms with Gasteiger partial charge in [0.2, 0.25) is 0 Å². The van der Waals surface area contributed by atoms with E-state index in [-0.39, 0.29) is 11.6 Å². The molecule has 4 heteroatoms. The lowest BCUT2D eigenvalue weighted by molar-refractivity contribution is 0.241. The van der Waals surface area contributed by atoms with Crippen molar-refractivity contribution in [1.82, 2.24) is 0 Å². The van der Waals surface area contributed by atoms with Crippen LogP contribution in [0.1, 0.15) is 17.5 Å². The van der Waals surface area contributed by atoms with Crippen molar-refractivity contribution in [2.45, 2.75) is 13.3 Å². The van der Waals surface area contributed by atoms with Gasteiger partial charge in [0.05, 0.1) is 24.8 Å². The van der Waals surface area contributed by atoms with E-state index in [0.717, 1.165) is 0 Å². The van der Waals surface area contributed by atoms with Crippen molar-refractivity contribution in [3.63, 3.8) is 0 Å². The van der Waals surface area contributed by atoms with E-state index in [1.807, 2.05) is 0 Å². The Bertz CT molecular complexity index is 649. The maximum Gasteiger partial charge on any atom is 0.167 e. The second kappa shape index (κ2) is 7.30. The lowest BCUT2D eigenvalue weighted by atomic mass is 10.2. The van der Waals surface area contributed by atoms with Gasteiger partial charge >= 0.3 is 0 Å². The first-order valence-electron chi connectivity index (χ1n) is 6.71. The topological polar surface area (TPSA) is 42.2 Å². The molecule has 0 amide bonds. The fourth-order valence-corrected chi connectivity index (χ4v) is 1.82. The molecule has 0 bridgehead atoms. The summed E-state index contributed by atoms with van der Waals surface area (Å²) in [6.07, 6.45) is 0.629. The summed E-state index contributed by atoms with van der Waals surface area (Å²) in [5.74, 6) is 0.595. The SMILES string of the molecule is Cc1cccc(OCCCOc2cccc(C#N)c2)c1F. The monoisotopic (exact) mass is 285 g/mol. The normalized spacial score (nSPS) is 9.95.